The smallest absolute Gasteiger partial charge is 0.338 e. The Morgan fingerprint density at radius 1 is 1.30 bits per heavy atom. The maximum absolute atomic E-state index is 11.5. The second-order valence-corrected chi connectivity index (χ2v) is 5.94. The molecule has 0 radical (unpaired) electrons. The molecule has 0 amide bonds. The number of hydrogen-bond donors (Lipinski definition) is 1. The van der Waals surface area contributed by atoms with Gasteiger partial charge in [0.05, 0.1) is 24.0 Å². The summed E-state index contributed by atoms with van der Waals surface area (Å²) in [6.07, 6.45) is 2.78. The molecular formula is C16H13N3O3S. The van der Waals surface area contributed by atoms with Crippen molar-refractivity contribution in [3.8, 4) is 11.3 Å². The van der Waals surface area contributed by atoms with Gasteiger partial charge >= 0.3 is 5.97 Å². The zero-order valence-corrected chi connectivity index (χ0v) is 13.1. The Labute approximate surface area is 136 Å². The lowest BCUT2D eigenvalue weighted by molar-refractivity contribution is 0.0696. The zero-order valence-electron chi connectivity index (χ0n) is 12.3. The van der Waals surface area contributed by atoms with Gasteiger partial charge in [-0.15, -0.1) is 11.3 Å². The largest absolute Gasteiger partial charge is 0.478 e. The third-order valence-corrected chi connectivity index (χ3v) is 4.13. The van der Waals surface area contributed by atoms with Crippen LogP contribution in [0.5, 0.6) is 0 Å². The minimum absolute atomic E-state index is 0.0139. The number of rotatable bonds is 5. The number of Topliss-reactive ketones (excluding diaryl/α,β-unsaturated/α-hetero) is 1. The summed E-state index contributed by atoms with van der Waals surface area (Å²) in [5, 5.41) is 15.6. The molecular weight excluding hydrogens is 314 g/mol. The first kappa shape index (κ1) is 15.1. The molecule has 0 fully saturated rings. The summed E-state index contributed by atoms with van der Waals surface area (Å²) in [7, 11) is 0. The Balaban J connectivity index is 1.81. The normalized spacial score (nSPS) is 10.7. The Kier molecular flexibility index (Phi) is 4.03. The lowest BCUT2D eigenvalue weighted by Crippen LogP contribution is -2.00. The fourth-order valence-electron chi connectivity index (χ4n) is 2.11. The van der Waals surface area contributed by atoms with E-state index in [1.54, 1.807) is 6.07 Å². The van der Waals surface area contributed by atoms with E-state index in [9.17, 15) is 9.59 Å². The lowest BCUT2D eigenvalue weighted by Gasteiger charge is -2.00. The number of carboxylic acid groups (broad SMARTS) is 1. The maximum atomic E-state index is 11.5. The van der Waals surface area contributed by atoms with Crippen molar-refractivity contribution in [3.05, 3.63) is 58.2 Å². The number of carbonyl (C=O) groups excluding carboxylic acids is 1. The fraction of sp³-hybridized carbons (Fsp3) is 0.125. The van der Waals surface area contributed by atoms with Crippen molar-refractivity contribution >= 4 is 23.1 Å². The number of benzene rings is 1. The van der Waals surface area contributed by atoms with E-state index < -0.39 is 5.97 Å². The molecule has 3 aromatic rings. The number of carbonyl (C=O) groups is 2. The van der Waals surface area contributed by atoms with Gasteiger partial charge in [-0.3, -0.25) is 9.48 Å². The quantitative estimate of drug-likeness (QED) is 0.728. The van der Waals surface area contributed by atoms with Crippen molar-refractivity contribution in [2.45, 2.75) is 13.5 Å². The van der Waals surface area contributed by atoms with Crippen LogP contribution in [0.3, 0.4) is 0 Å². The van der Waals surface area contributed by atoms with Gasteiger partial charge in [0.2, 0.25) is 0 Å². The van der Waals surface area contributed by atoms with E-state index in [1.165, 1.54) is 35.3 Å². The highest BCUT2D eigenvalue weighted by Gasteiger charge is 2.10. The van der Waals surface area contributed by atoms with E-state index >= 15 is 0 Å². The average molecular weight is 327 g/mol. The van der Waals surface area contributed by atoms with Crippen LogP contribution in [0.1, 0.15) is 32.6 Å². The molecule has 6 nitrogen and oxygen atoms in total. The van der Waals surface area contributed by atoms with Crippen molar-refractivity contribution in [1.29, 1.82) is 0 Å². The molecule has 2 heterocycles. The summed E-state index contributed by atoms with van der Waals surface area (Å²) in [4.78, 5) is 26.8. The second-order valence-electron chi connectivity index (χ2n) is 5.00. The molecule has 0 spiro atoms. The minimum Gasteiger partial charge on any atom is -0.478 e. The third kappa shape index (κ3) is 3.35. The predicted octanol–water partition coefficient (Wildman–Crippen LogP) is 2.96. The molecule has 0 aliphatic rings. The number of hydrogen-bond acceptors (Lipinski definition) is 5. The van der Waals surface area contributed by atoms with Crippen LogP contribution >= 0.6 is 11.3 Å². The van der Waals surface area contributed by atoms with Crippen LogP contribution in [0.25, 0.3) is 11.3 Å². The van der Waals surface area contributed by atoms with Crippen molar-refractivity contribution in [2.24, 2.45) is 0 Å². The average Bonchev–Trinajstić information content (AvgIpc) is 3.17. The summed E-state index contributed by atoms with van der Waals surface area (Å²) in [6.45, 7) is 1.94. The molecule has 3 rings (SSSR count). The summed E-state index contributed by atoms with van der Waals surface area (Å²) in [6, 6.07) is 7.33. The van der Waals surface area contributed by atoms with Crippen LogP contribution in [0.4, 0.5) is 0 Å². The molecule has 0 aliphatic heterocycles. The SMILES string of the molecule is CC(=O)c1cccc(-c2csc(Cn3cc(C(=O)O)cn3)n2)c1. The number of thiazole rings is 1. The fourth-order valence-corrected chi connectivity index (χ4v) is 2.91. The van der Waals surface area contributed by atoms with Crippen LogP contribution < -0.4 is 0 Å². The first-order chi connectivity index (χ1) is 11.0. The Morgan fingerprint density at radius 2 is 2.13 bits per heavy atom. The molecule has 0 bridgehead atoms. The van der Waals surface area contributed by atoms with Crippen LogP contribution in [0.2, 0.25) is 0 Å². The number of carboxylic acids is 1. The molecule has 2 aromatic heterocycles. The van der Waals surface area contributed by atoms with Crippen LogP contribution in [0.15, 0.2) is 42.0 Å². The highest BCUT2D eigenvalue weighted by Crippen LogP contribution is 2.23. The van der Waals surface area contributed by atoms with Gasteiger partial charge in [0.15, 0.2) is 5.78 Å². The first-order valence-corrected chi connectivity index (χ1v) is 7.72. The van der Waals surface area contributed by atoms with Gasteiger partial charge in [-0.05, 0) is 13.0 Å². The highest BCUT2D eigenvalue weighted by molar-refractivity contribution is 7.09. The highest BCUT2D eigenvalue weighted by atomic mass is 32.1. The summed E-state index contributed by atoms with van der Waals surface area (Å²) >= 11 is 1.47. The molecule has 0 aliphatic carbocycles. The van der Waals surface area contributed by atoms with Crippen molar-refractivity contribution in [3.63, 3.8) is 0 Å². The van der Waals surface area contributed by atoms with E-state index in [0.29, 0.717) is 12.1 Å². The molecule has 0 unspecified atom stereocenters. The first-order valence-electron chi connectivity index (χ1n) is 6.84. The molecule has 23 heavy (non-hydrogen) atoms. The standard InChI is InChI=1S/C16H13N3O3S/c1-10(20)11-3-2-4-12(5-11)14-9-23-15(18-14)8-19-7-13(6-17-19)16(21)22/h2-7,9H,8H2,1H3,(H,21,22). The van der Waals surface area contributed by atoms with Crippen LogP contribution in [0, 0.1) is 0 Å². The van der Waals surface area contributed by atoms with Crippen molar-refractivity contribution < 1.29 is 14.7 Å². The minimum atomic E-state index is -1.00. The topological polar surface area (TPSA) is 85.1 Å². The van der Waals surface area contributed by atoms with Gasteiger partial charge in [0.25, 0.3) is 0 Å². The Morgan fingerprint density at radius 3 is 2.83 bits per heavy atom. The zero-order chi connectivity index (χ0) is 16.4. The van der Waals surface area contributed by atoms with Gasteiger partial charge < -0.3 is 5.11 Å². The van der Waals surface area contributed by atoms with E-state index in [4.69, 9.17) is 5.11 Å². The number of aromatic carboxylic acids is 1. The van der Waals surface area contributed by atoms with Gasteiger partial charge in [-0.25, -0.2) is 9.78 Å². The monoisotopic (exact) mass is 327 g/mol. The van der Waals surface area contributed by atoms with Crippen LogP contribution in [-0.4, -0.2) is 31.6 Å². The Bertz CT molecular complexity index is 882. The number of aromatic nitrogens is 3. The van der Waals surface area contributed by atoms with E-state index in [1.807, 2.05) is 23.6 Å². The molecule has 0 saturated carbocycles. The maximum Gasteiger partial charge on any atom is 0.338 e. The molecule has 0 saturated heterocycles. The molecule has 7 heteroatoms. The molecule has 0 atom stereocenters. The predicted molar refractivity (Wildman–Crippen MR) is 85.8 cm³/mol. The summed E-state index contributed by atoms with van der Waals surface area (Å²) in [5.41, 5.74) is 2.47. The third-order valence-electron chi connectivity index (χ3n) is 3.29. The summed E-state index contributed by atoms with van der Waals surface area (Å²) < 4.78 is 1.54. The van der Waals surface area contributed by atoms with E-state index in [2.05, 4.69) is 10.1 Å². The van der Waals surface area contributed by atoms with Gasteiger partial charge in [0, 0.05) is 22.7 Å². The van der Waals surface area contributed by atoms with Crippen molar-refractivity contribution in [2.75, 3.05) is 0 Å². The second kappa shape index (κ2) is 6.13. The number of nitrogens with zero attached hydrogens (tertiary/aromatic N) is 3. The summed E-state index contributed by atoms with van der Waals surface area (Å²) in [5.74, 6) is -0.989. The van der Waals surface area contributed by atoms with Gasteiger partial charge in [0.1, 0.15) is 5.01 Å². The van der Waals surface area contributed by atoms with E-state index in [-0.39, 0.29) is 11.3 Å². The lowest BCUT2D eigenvalue weighted by atomic mass is 10.1. The molecule has 1 N–H and O–H groups in total. The Hall–Kier alpha value is -2.80. The van der Waals surface area contributed by atoms with Crippen molar-refractivity contribution in [1.82, 2.24) is 14.8 Å². The van der Waals surface area contributed by atoms with Crippen LogP contribution in [-0.2, 0) is 6.54 Å². The molecule has 1 aromatic carbocycles. The van der Waals surface area contributed by atoms with Gasteiger partial charge in [-0.1, -0.05) is 18.2 Å². The molecule has 116 valence electrons. The number of ketones is 1. The van der Waals surface area contributed by atoms with E-state index in [0.717, 1.165) is 16.3 Å². The van der Waals surface area contributed by atoms with Gasteiger partial charge in [-0.2, -0.15) is 5.10 Å².